The minimum absolute atomic E-state index is 0.217. The first kappa shape index (κ1) is 21.9. The number of amides is 1. The summed E-state index contributed by atoms with van der Waals surface area (Å²) in [5.41, 5.74) is 4.93. The van der Waals surface area contributed by atoms with E-state index in [0.29, 0.717) is 32.4 Å². The number of pyridine rings is 1. The van der Waals surface area contributed by atoms with Crippen LogP contribution in [-0.2, 0) is 11.2 Å². The summed E-state index contributed by atoms with van der Waals surface area (Å²) in [6, 6.07) is 9.43. The van der Waals surface area contributed by atoms with Gasteiger partial charge in [0.1, 0.15) is 16.6 Å². The van der Waals surface area contributed by atoms with E-state index >= 15 is 0 Å². The molecule has 1 aromatic carbocycles. The van der Waals surface area contributed by atoms with Crippen LogP contribution in [0.4, 0.5) is 15.2 Å². The molecule has 0 aliphatic rings. The Hall–Kier alpha value is -2.81. The molecule has 0 saturated carbocycles. The van der Waals surface area contributed by atoms with Gasteiger partial charge in [-0.25, -0.2) is 9.37 Å². The SMILES string of the molecule is CC(C)(O)c1ccc(Nc2sc(-c3ccc(C(C)(C)O)cc3F)cc2C(N)=O)nc1. The van der Waals surface area contributed by atoms with E-state index in [1.165, 1.54) is 29.7 Å². The van der Waals surface area contributed by atoms with E-state index in [0.717, 1.165) is 0 Å². The Labute approximate surface area is 178 Å². The van der Waals surface area contributed by atoms with E-state index < -0.39 is 22.9 Å². The summed E-state index contributed by atoms with van der Waals surface area (Å²) in [6.07, 6.45) is 1.54. The second-order valence-corrected chi connectivity index (χ2v) is 9.14. The molecule has 0 bridgehead atoms. The number of nitrogens with one attached hydrogen (secondary N) is 1. The van der Waals surface area contributed by atoms with Crippen LogP contribution in [0.15, 0.2) is 42.6 Å². The highest BCUT2D eigenvalue weighted by atomic mass is 32.1. The van der Waals surface area contributed by atoms with Gasteiger partial charge in [0.05, 0.1) is 16.8 Å². The molecular weight excluding hydrogens is 405 g/mol. The zero-order valence-electron chi connectivity index (χ0n) is 17.2. The average Bonchev–Trinajstić information content (AvgIpc) is 3.04. The van der Waals surface area contributed by atoms with E-state index in [9.17, 15) is 19.4 Å². The quantitative estimate of drug-likeness (QED) is 0.469. The molecule has 3 rings (SSSR count). The fourth-order valence-corrected chi connectivity index (χ4v) is 3.94. The van der Waals surface area contributed by atoms with Crippen molar-refractivity contribution < 1.29 is 19.4 Å². The van der Waals surface area contributed by atoms with E-state index in [-0.39, 0.29) is 5.56 Å². The highest BCUT2D eigenvalue weighted by Crippen LogP contribution is 2.38. The lowest BCUT2D eigenvalue weighted by molar-refractivity contribution is 0.0777. The molecule has 0 atom stereocenters. The van der Waals surface area contributed by atoms with Crippen LogP contribution in [-0.4, -0.2) is 21.1 Å². The van der Waals surface area contributed by atoms with Crippen molar-refractivity contribution in [3.05, 3.63) is 65.1 Å². The Bertz CT molecular complexity index is 1080. The van der Waals surface area contributed by atoms with Gasteiger partial charge >= 0.3 is 0 Å². The van der Waals surface area contributed by atoms with Gasteiger partial charge < -0.3 is 21.3 Å². The molecule has 5 N–H and O–H groups in total. The van der Waals surface area contributed by atoms with Crippen LogP contribution in [0.5, 0.6) is 0 Å². The average molecular weight is 430 g/mol. The minimum atomic E-state index is -1.17. The molecule has 6 nitrogen and oxygen atoms in total. The third-order valence-electron chi connectivity index (χ3n) is 4.65. The summed E-state index contributed by atoms with van der Waals surface area (Å²) in [6.45, 7) is 6.48. The van der Waals surface area contributed by atoms with Gasteiger partial charge in [-0.3, -0.25) is 4.79 Å². The Morgan fingerprint density at radius 2 is 1.70 bits per heavy atom. The van der Waals surface area contributed by atoms with Crippen molar-refractivity contribution in [2.24, 2.45) is 5.73 Å². The number of rotatable bonds is 6. The third-order valence-corrected chi connectivity index (χ3v) is 5.73. The first-order chi connectivity index (χ1) is 13.9. The van der Waals surface area contributed by atoms with Crippen molar-refractivity contribution in [3.8, 4) is 10.4 Å². The Morgan fingerprint density at radius 1 is 1.07 bits per heavy atom. The number of carbonyl (C=O) groups excluding carboxylic acids is 1. The number of carbonyl (C=O) groups is 1. The molecule has 0 aliphatic carbocycles. The van der Waals surface area contributed by atoms with Crippen molar-refractivity contribution in [1.29, 1.82) is 0 Å². The molecular formula is C22H24FN3O3S. The van der Waals surface area contributed by atoms with Crippen molar-refractivity contribution in [1.82, 2.24) is 4.98 Å². The number of nitrogens with two attached hydrogens (primary N) is 1. The fraction of sp³-hybridized carbons (Fsp3) is 0.273. The van der Waals surface area contributed by atoms with Crippen molar-refractivity contribution >= 4 is 28.1 Å². The molecule has 0 spiro atoms. The molecule has 8 heteroatoms. The summed E-state index contributed by atoms with van der Waals surface area (Å²) in [5.74, 6) is -0.704. The van der Waals surface area contributed by atoms with Crippen LogP contribution >= 0.6 is 11.3 Å². The van der Waals surface area contributed by atoms with Crippen LogP contribution in [0.1, 0.15) is 49.2 Å². The zero-order chi connectivity index (χ0) is 22.3. The maximum atomic E-state index is 14.7. The Kier molecular flexibility index (Phi) is 5.68. The van der Waals surface area contributed by atoms with Gasteiger partial charge in [-0.1, -0.05) is 18.2 Å². The number of aromatic nitrogens is 1. The summed E-state index contributed by atoms with van der Waals surface area (Å²) >= 11 is 1.17. The maximum Gasteiger partial charge on any atom is 0.251 e. The molecule has 0 fully saturated rings. The van der Waals surface area contributed by atoms with E-state index in [1.54, 1.807) is 52.0 Å². The smallest absolute Gasteiger partial charge is 0.251 e. The second-order valence-electron chi connectivity index (χ2n) is 8.09. The lowest BCUT2D eigenvalue weighted by Crippen LogP contribution is -2.15. The summed E-state index contributed by atoms with van der Waals surface area (Å²) in [4.78, 5) is 16.7. The van der Waals surface area contributed by atoms with Gasteiger partial charge in [-0.2, -0.15) is 0 Å². The molecule has 0 radical (unpaired) electrons. The van der Waals surface area contributed by atoms with Gasteiger partial charge in [0.2, 0.25) is 0 Å². The minimum Gasteiger partial charge on any atom is -0.386 e. The van der Waals surface area contributed by atoms with Gasteiger partial charge in [0, 0.05) is 22.2 Å². The first-order valence-electron chi connectivity index (χ1n) is 9.28. The third kappa shape index (κ3) is 4.67. The molecule has 158 valence electrons. The molecule has 3 aromatic rings. The fourth-order valence-electron chi connectivity index (χ4n) is 2.84. The van der Waals surface area contributed by atoms with Crippen LogP contribution in [0.2, 0.25) is 0 Å². The van der Waals surface area contributed by atoms with Crippen molar-refractivity contribution in [3.63, 3.8) is 0 Å². The number of hydrogen-bond acceptors (Lipinski definition) is 6. The number of halogens is 1. The number of nitrogens with zero attached hydrogens (tertiary/aromatic N) is 1. The van der Waals surface area contributed by atoms with E-state index in [2.05, 4.69) is 10.3 Å². The highest BCUT2D eigenvalue weighted by molar-refractivity contribution is 7.19. The van der Waals surface area contributed by atoms with Gasteiger partial charge in [-0.05, 0) is 51.5 Å². The predicted octanol–water partition coefficient (Wildman–Crippen LogP) is 4.25. The van der Waals surface area contributed by atoms with Gasteiger partial charge in [0.15, 0.2) is 0 Å². The zero-order valence-corrected chi connectivity index (χ0v) is 18.0. The molecule has 2 aromatic heterocycles. The lowest BCUT2D eigenvalue weighted by atomic mass is 9.96. The van der Waals surface area contributed by atoms with E-state index in [1.807, 2.05) is 0 Å². The number of benzene rings is 1. The first-order valence-corrected chi connectivity index (χ1v) is 10.1. The van der Waals surface area contributed by atoms with E-state index in [4.69, 9.17) is 5.73 Å². The Morgan fingerprint density at radius 3 is 2.20 bits per heavy atom. The number of hydrogen-bond donors (Lipinski definition) is 4. The van der Waals surface area contributed by atoms with Crippen LogP contribution in [0.25, 0.3) is 10.4 Å². The summed E-state index contributed by atoms with van der Waals surface area (Å²) in [5, 5.41) is 23.6. The highest BCUT2D eigenvalue weighted by Gasteiger charge is 2.21. The van der Waals surface area contributed by atoms with Crippen LogP contribution in [0.3, 0.4) is 0 Å². The molecule has 2 heterocycles. The van der Waals surface area contributed by atoms with Gasteiger partial charge in [-0.15, -0.1) is 11.3 Å². The standard InChI is InChI=1S/C22H24FN3O3S/c1-21(2,28)12-5-7-14(16(23)9-12)17-10-15(19(24)27)20(30-17)26-18-8-6-13(11-25-18)22(3,4)29/h5-11,28-29H,1-4H3,(H2,24,27)(H,25,26). The molecule has 0 saturated heterocycles. The number of aliphatic hydroxyl groups is 2. The predicted molar refractivity (Wildman–Crippen MR) is 116 cm³/mol. The summed E-state index contributed by atoms with van der Waals surface area (Å²) < 4.78 is 14.7. The monoisotopic (exact) mass is 429 g/mol. The lowest BCUT2D eigenvalue weighted by Gasteiger charge is -2.18. The number of thiophene rings is 1. The van der Waals surface area contributed by atoms with Crippen LogP contribution < -0.4 is 11.1 Å². The Balaban J connectivity index is 1.95. The topological polar surface area (TPSA) is 108 Å². The largest absolute Gasteiger partial charge is 0.386 e. The maximum absolute atomic E-state index is 14.7. The normalized spacial score (nSPS) is 12.1. The van der Waals surface area contributed by atoms with Crippen LogP contribution in [0, 0.1) is 5.82 Å². The molecule has 1 amide bonds. The van der Waals surface area contributed by atoms with Crippen molar-refractivity contribution in [2.75, 3.05) is 5.32 Å². The molecule has 30 heavy (non-hydrogen) atoms. The number of anilines is 2. The van der Waals surface area contributed by atoms with Gasteiger partial charge in [0.25, 0.3) is 5.91 Å². The molecule has 0 unspecified atom stereocenters. The summed E-state index contributed by atoms with van der Waals surface area (Å²) in [7, 11) is 0. The number of primary amides is 1. The molecule has 0 aliphatic heterocycles. The van der Waals surface area contributed by atoms with Crippen molar-refractivity contribution in [2.45, 2.75) is 38.9 Å². The second kappa shape index (κ2) is 7.79.